The van der Waals surface area contributed by atoms with Gasteiger partial charge in [0.2, 0.25) is 0 Å². The molecule has 5 nitrogen and oxygen atoms in total. The lowest BCUT2D eigenvalue weighted by atomic mass is 10.2. The first kappa shape index (κ1) is 14.0. The minimum atomic E-state index is -0.400. The van der Waals surface area contributed by atoms with Crippen LogP contribution in [0.25, 0.3) is 0 Å². The molecule has 0 amide bonds. The van der Waals surface area contributed by atoms with Crippen LogP contribution in [0.5, 0.6) is 0 Å². The second-order valence-corrected chi connectivity index (χ2v) is 5.66. The molecule has 0 saturated heterocycles. The predicted octanol–water partition coefficient (Wildman–Crippen LogP) is 2.16. The quantitative estimate of drug-likeness (QED) is 0.689. The van der Waals surface area contributed by atoms with Gasteiger partial charge in [0.15, 0.2) is 5.69 Å². The van der Waals surface area contributed by atoms with Gasteiger partial charge in [0, 0.05) is 23.5 Å². The van der Waals surface area contributed by atoms with Gasteiger partial charge in [-0.2, -0.15) is 0 Å². The number of fused-ring (bicyclic) bond motifs is 1. The number of nitrogens with zero attached hydrogens (tertiary/aromatic N) is 2. The number of benzene rings is 1. The lowest BCUT2D eigenvalue weighted by Gasteiger charge is -2.08. The van der Waals surface area contributed by atoms with Crippen LogP contribution in [0.4, 0.5) is 0 Å². The third-order valence-electron chi connectivity index (χ3n) is 3.22. The van der Waals surface area contributed by atoms with Gasteiger partial charge in [0.25, 0.3) is 0 Å². The van der Waals surface area contributed by atoms with E-state index in [1.54, 1.807) is 11.8 Å². The molecular weight excluding hydrogens is 286 g/mol. The van der Waals surface area contributed by atoms with Crippen LogP contribution < -0.4 is 5.32 Å². The maximum absolute atomic E-state index is 11.9. The van der Waals surface area contributed by atoms with Crippen LogP contribution in [0.3, 0.4) is 0 Å². The molecule has 0 atom stereocenters. The third-order valence-corrected chi connectivity index (χ3v) is 4.23. The van der Waals surface area contributed by atoms with Crippen molar-refractivity contribution in [2.45, 2.75) is 23.7 Å². The summed E-state index contributed by atoms with van der Waals surface area (Å²) in [6.07, 6.45) is 0. The summed E-state index contributed by atoms with van der Waals surface area (Å²) in [7, 11) is 1.37. The van der Waals surface area contributed by atoms with E-state index in [-0.39, 0.29) is 0 Å². The summed E-state index contributed by atoms with van der Waals surface area (Å²) >= 11 is 1.65. The summed E-state index contributed by atoms with van der Waals surface area (Å²) in [4.78, 5) is 21.9. The van der Waals surface area contributed by atoms with Crippen LogP contribution >= 0.6 is 11.8 Å². The lowest BCUT2D eigenvalue weighted by molar-refractivity contribution is 0.0592. The molecule has 1 aliphatic heterocycles. The monoisotopic (exact) mass is 301 g/mol. The zero-order valence-electron chi connectivity index (χ0n) is 11.6. The van der Waals surface area contributed by atoms with Crippen LogP contribution in [-0.2, 0) is 23.6 Å². The molecule has 6 heteroatoms. The molecule has 0 unspecified atom stereocenters. The van der Waals surface area contributed by atoms with Crippen molar-refractivity contribution in [1.82, 2.24) is 15.3 Å². The van der Waals surface area contributed by atoms with Gasteiger partial charge in [-0.05, 0) is 12.1 Å². The van der Waals surface area contributed by atoms with Gasteiger partial charge in [0.05, 0.1) is 18.6 Å². The summed E-state index contributed by atoms with van der Waals surface area (Å²) in [6, 6.07) is 10.1. The molecule has 1 aromatic carbocycles. The second kappa shape index (κ2) is 6.24. The van der Waals surface area contributed by atoms with Gasteiger partial charge in [0.1, 0.15) is 5.82 Å². The fraction of sp³-hybridized carbons (Fsp3) is 0.267. The van der Waals surface area contributed by atoms with Gasteiger partial charge >= 0.3 is 5.97 Å². The van der Waals surface area contributed by atoms with Crippen molar-refractivity contribution in [2.75, 3.05) is 7.11 Å². The Morgan fingerprint density at radius 1 is 1.29 bits per heavy atom. The van der Waals surface area contributed by atoms with E-state index in [0.29, 0.717) is 30.4 Å². The molecule has 1 aromatic heterocycles. The second-order valence-electron chi connectivity index (χ2n) is 4.61. The predicted molar refractivity (Wildman–Crippen MR) is 79.9 cm³/mol. The molecule has 0 fully saturated rings. The number of rotatable bonds is 4. The van der Waals surface area contributed by atoms with Crippen molar-refractivity contribution < 1.29 is 9.53 Å². The number of aromatic nitrogens is 2. The van der Waals surface area contributed by atoms with Gasteiger partial charge in [-0.1, -0.05) is 18.2 Å². The molecule has 2 aromatic rings. The average Bonchev–Trinajstić information content (AvgIpc) is 3.00. The third kappa shape index (κ3) is 3.06. The van der Waals surface area contributed by atoms with E-state index >= 15 is 0 Å². The highest BCUT2D eigenvalue weighted by Gasteiger charge is 2.23. The first-order valence-electron chi connectivity index (χ1n) is 6.63. The number of hydrogen-bond donors (Lipinski definition) is 1. The van der Waals surface area contributed by atoms with Crippen LogP contribution in [0.1, 0.15) is 27.6 Å². The molecule has 0 saturated carbocycles. The van der Waals surface area contributed by atoms with Crippen molar-refractivity contribution in [3.8, 4) is 0 Å². The minimum absolute atomic E-state index is 0.385. The summed E-state index contributed by atoms with van der Waals surface area (Å²) in [5, 5.41) is 3.19. The van der Waals surface area contributed by atoms with E-state index in [2.05, 4.69) is 15.3 Å². The fourth-order valence-electron chi connectivity index (χ4n) is 2.21. The number of carbonyl (C=O) groups excluding carboxylic acids is 1. The molecule has 2 heterocycles. The van der Waals surface area contributed by atoms with Crippen molar-refractivity contribution >= 4 is 17.7 Å². The maximum Gasteiger partial charge on any atom is 0.357 e. The highest BCUT2D eigenvalue weighted by Crippen LogP contribution is 2.23. The molecule has 0 spiro atoms. The number of thioether (sulfide) groups is 1. The van der Waals surface area contributed by atoms with Gasteiger partial charge in [-0.25, -0.2) is 14.8 Å². The molecule has 0 bridgehead atoms. The molecule has 1 N–H and O–H groups in total. The minimum Gasteiger partial charge on any atom is -0.464 e. The van der Waals surface area contributed by atoms with Crippen molar-refractivity contribution in [3.05, 3.63) is 53.1 Å². The molecular formula is C15H15N3O2S. The van der Waals surface area contributed by atoms with Crippen molar-refractivity contribution in [1.29, 1.82) is 0 Å². The van der Waals surface area contributed by atoms with Crippen molar-refractivity contribution in [2.24, 2.45) is 0 Å². The largest absolute Gasteiger partial charge is 0.464 e. The summed E-state index contributed by atoms with van der Waals surface area (Å²) in [5.74, 6) is 0.886. The normalized spacial score (nSPS) is 13.0. The molecule has 0 aliphatic carbocycles. The molecule has 21 heavy (non-hydrogen) atoms. The summed E-state index contributed by atoms with van der Waals surface area (Å²) in [6.45, 7) is 1.29. The highest BCUT2D eigenvalue weighted by atomic mass is 32.2. The number of carbonyl (C=O) groups is 1. The first-order chi connectivity index (χ1) is 10.3. The van der Waals surface area contributed by atoms with Crippen LogP contribution in [0.2, 0.25) is 0 Å². The zero-order valence-corrected chi connectivity index (χ0v) is 12.4. The lowest BCUT2D eigenvalue weighted by Crippen LogP contribution is -2.12. The first-order valence-corrected chi connectivity index (χ1v) is 7.62. The van der Waals surface area contributed by atoms with E-state index in [1.807, 2.05) is 30.3 Å². The van der Waals surface area contributed by atoms with E-state index in [0.717, 1.165) is 16.2 Å². The topological polar surface area (TPSA) is 64.1 Å². The Bertz CT molecular complexity index is 661. The van der Waals surface area contributed by atoms with Crippen LogP contribution in [0, 0.1) is 0 Å². The van der Waals surface area contributed by atoms with Crippen LogP contribution in [-0.4, -0.2) is 23.0 Å². The Morgan fingerprint density at radius 2 is 2.10 bits per heavy atom. The molecule has 108 valence electrons. The standard InChI is InChI=1S/C15H15N3O2S/c1-20-15(19)14-11-7-16-8-12(11)17-13(18-14)9-21-10-5-3-2-4-6-10/h2-6,16H,7-9H2,1H3. The maximum atomic E-state index is 11.9. The SMILES string of the molecule is COC(=O)c1nc(CSc2ccccc2)nc2c1CNC2. The Labute approximate surface area is 127 Å². The Balaban J connectivity index is 1.84. The number of hydrogen-bond acceptors (Lipinski definition) is 6. The smallest absolute Gasteiger partial charge is 0.357 e. The molecule has 0 radical (unpaired) electrons. The average molecular weight is 301 g/mol. The summed E-state index contributed by atoms with van der Waals surface area (Å²) in [5.41, 5.74) is 2.14. The van der Waals surface area contributed by atoms with E-state index in [1.165, 1.54) is 7.11 Å². The molecule has 1 aliphatic rings. The molecule has 3 rings (SSSR count). The van der Waals surface area contributed by atoms with Gasteiger partial charge < -0.3 is 10.1 Å². The highest BCUT2D eigenvalue weighted by molar-refractivity contribution is 7.98. The van der Waals surface area contributed by atoms with E-state index < -0.39 is 5.97 Å². The van der Waals surface area contributed by atoms with Crippen molar-refractivity contribution in [3.63, 3.8) is 0 Å². The van der Waals surface area contributed by atoms with Crippen LogP contribution in [0.15, 0.2) is 35.2 Å². The summed E-state index contributed by atoms with van der Waals surface area (Å²) < 4.78 is 4.82. The zero-order chi connectivity index (χ0) is 14.7. The van der Waals surface area contributed by atoms with Gasteiger partial charge in [-0.15, -0.1) is 11.8 Å². The Hall–Kier alpha value is -1.92. The Kier molecular flexibility index (Phi) is 4.17. The van der Waals surface area contributed by atoms with E-state index in [9.17, 15) is 4.79 Å². The number of methoxy groups -OCH3 is 1. The number of nitrogens with one attached hydrogen (secondary N) is 1. The number of esters is 1. The Morgan fingerprint density at radius 3 is 2.86 bits per heavy atom. The number of ether oxygens (including phenoxy) is 1. The fourth-order valence-corrected chi connectivity index (χ4v) is 2.99. The van der Waals surface area contributed by atoms with E-state index in [4.69, 9.17) is 4.74 Å². The van der Waals surface area contributed by atoms with Gasteiger partial charge in [-0.3, -0.25) is 0 Å².